The molecule has 0 unspecified atom stereocenters. The van der Waals surface area contributed by atoms with E-state index in [1.165, 1.54) is 31.4 Å². The smallest absolute Gasteiger partial charge is 0.108 e. The number of rotatable bonds is 7. The number of thioether (sulfide) groups is 1. The minimum absolute atomic E-state index is 0.490. The molecule has 1 aliphatic rings. The Morgan fingerprint density at radius 1 is 1.44 bits per heavy atom. The fourth-order valence-corrected chi connectivity index (χ4v) is 4.65. The number of nitrogens with two attached hydrogens (primary N) is 1. The third kappa shape index (κ3) is 10.1. The molecule has 0 amide bonds. The van der Waals surface area contributed by atoms with Gasteiger partial charge in [0.2, 0.25) is 0 Å². The Morgan fingerprint density at radius 3 is 2.50 bits per heavy atom. The van der Waals surface area contributed by atoms with E-state index < -0.39 is 12.0 Å². The average Bonchev–Trinajstić information content (AvgIpc) is 2.87. The third-order valence-electron chi connectivity index (χ3n) is 2.84. The van der Waals surface area contributed by atoms with Gasteiger partial charge in [-0.1, -0.05) is 13.3 Å². The highest BCUT2D eigenvalue weighted by Gasteiger charge is 2.22. The van der Waals surface area contributed by atoms with E-state index in [0.717, 1.165) is 16.6 Å². The quantitative estimate of drug-likeness (QED) is 0.712. The monoisotopic (exact) mass is 293 g/mol. The third-order valence-corrected chi connectivity index (χ3v) is 6.08. The van der Waals surface area contributed by atoms with Crippen LogP contribution in [0.3, 0.4) is 0 Å². The Labute approximate surface area is 119 Å². The summed E-state index contributed by atoms with van der Waals surface area (Å²) in [7, 11) is 0.873. The summed E-state index contributed by atoms with van der Waals surface area (Å²) in [4.78, 5) is 9.96. The maximum atomic E-state index is 9.96. The minimum atomic E-state index is -1.16. The Bertz CT molecular complexity index is 209. The zero-order chi connectivity index (χ0) is 13.8. The number of aliphatic carboxylic acids is 1. The van der Waals surface area contributed by atoms with E-state index in [-0.39, 0.29) is 0 Å². The van der Waals surface area contributed by atoms with Crippen LogP contribution in [0.4, 0.5) is 0 Å². The fourth-order valence-electron chi connectivity index (χ4n) is 1.63. The first-order chi connectivity index (χ1) is 8.61. The van der Waals surface area contributed by atoms with Gasteiger partial charge >= 0.3 is 0 Å². The van der Waals surface area contributed by atoms with Crippen molar-refractivity contribution in [2.45, 2.75) is 45.1 Å². The molecule has 0 aliphatic carbocycles. The lowest BCUT2D eigenvalue weighted by Crippen LogP contribution is -2.42. The molecule has 3 nitrogen and oxygen atoms in total. The molecule has 0 saturated carbocycles. The number of carboxylic acid groups (broad SMARTS) is 1. The molecule has 108 valence electrons. The second kappa shape index (κ2) is 12.2. The van der Waals surface area contributed by atoms with Crippen molar-refractivity contribution in [2.75, 3.05) is 29.3 Å². The number of carbonyl (C=O) groups is 1. The van der Waals surface area contributed by atoms with E-state index in [0.29, 0.717) is 6.42 Å². The van der Waals surface area contributed by atoms with Gasteiger partial charge in [-0.2, -0.15) is 11.8 Å². The van der Waals surface area contributed by atoms with Gasteiger partial charge in [0.05, 0.1) is 5.97 Å². The largest absolute Gasteiger partial charge is 0.548 e. The van der Waals surface area contributed by atoms with Gasteiger partial charge in [0.25, 0.3) is 0 Å². The summed E-state index contributed by atoms with van der Waals surface area (Å²) in [5.41, 5.74) is 5.13. The first-order valence-corrected chi connectivity index (χ1v) is 9.83. The SMILES string of the molecule is CCCC[S+]1CCCC1.CSCC[C@H](N)C(=O)[O-]. The van der Waals surface area contributed by atoms with Crippen LogP contribution in [0.15, 0.2) is 0 Å². The van der Waals surface area contributed by atoms with Gasteiger partial charge < -0.3 is 15.6 Å². The Hall–Kier alpha value is 0.130. The van der Waals surface area contributed by atoms with Gasteiger partial charge in [0.1, 0.15) is 17.3 Å². The number of hydrogen-bond donors (Lipinski definition) is 1. The van der Waals surface area contributed by atoms with Crippen LogP contribution in [0.1, 0.15) is 39.0 Å². The Morgan fingerprint density at radius 2 is 2.06 bits per heavy atom. The van der Waals surface area contributed by atoms with E-state index >= 15 is 0 Å². The molecule has 0 aromatic heterocycles. The van der Waals surface area contributed by atoms with Crippen LogP contribution >= 0.6 is 11.8 Å². The molecule has 0 aromatic carbocycles. The van der Waals surface area contributed by atoms with Gasteiger partial charge in [-0.15, -0.1) is 0 Å². The molecule has 0 bridgehead atoms. The summed E-state index contributed by atoms with van der Waals surface area (Å²) in [6.07, 6.45) is 8.30. The molecule has 0 spiro atoms. The van der Waals surface area contributed by atoms with Gasteiger partial charge in [-0.05, 0) is 48.6 Å². The first kappa shape index (κ1) is 18.1. The summed E-state index contributed by atoms with van der Waals surface area (Å²) in [5, 5.41) is 9.96. The van der Waals surface area contributed by atoms with Gasteiger partial charge in [0, 0.05) is 6.04 Å². The van der Waals surface area contributed by atoms with Crippen LogP contribution in [0.2, 0.25) is 0 Å². The van der Waals surface area contributed by atoms with E-state index in [1.807, 2.05) is 6.26 Å². The van der Waals surface area contributed by atoms with Crippen LogP contribution < -0.4 is 10.8 Å². The number of unbranched alkanes of at least 4 members (excludes halogenated alkanes) is 1. The molecule has 2 N–H and O–H groups in total. The summed E-state index contributed by atoms with van der Waals surface area (Å²) in [5.74, 6) is 4.26. The Balaban J connectivity index is 0.000000321. The maximum absolute atomic E-state index is 9.96. The minimum Gasteiger partial charge on any atom is -0.548 e. The van der Waals surface area contributed by atoms with Crippen LogP contribution in [0.25, 0.3) is 0 Å². The van der Waals surface area contributed by atoms with E-state index in [2.05, 4.69) is 6.92 Å². The molecule has 18 heavy (non-hydrogen) atoms. The predicted octanol–water partition coefficient (Wildman–Crippen LogP) is 1.02. The van der Waals surface area contributed by atoms with Gasteiger partial charge in [0.15, 0.2) is 0 Å². The van der Waals surface area contributed by atoms with Gasteiger partial charge in [-0.3, -0.25) is 0 Å². The second-order valence-electron chi connectivity index (χ2n) is 4.49. The predicted molar refractivity (Wildman–Crippen MR) is 82.1 cm³/mol. The summed E-state index contributed by atoms with van der Waals surface area (Å²) < 4.78 is 0. The van der Waals surface area contributed by atoms with Gasteiger partial charge in [-0.25, -0.2) is 0 Å². The molecule has 1 atom stereocenters. The van der Waals surface area contributed by atoms with Crippen molar-refractivity contribution in [3.63, 3.8) is 0 Å². The zero-order valence-corrected chi connectivity index (χ0v) is 13.3. The van der Waals surface area contributed by atoms with E-state index in [9.17, 15) is 9.90 Å². The topological polar surface area (TPSA) is 66.2 Å². The molecule has 0 radical (unpaired) electrons. The summed E-state index contributed by atoms with van der Waals surface area (Å²) >= 11 is 1.58. The molecule has 1 fully saturated rings. The molecule has 1 aliphatic heterocycles. The van der Waals surface area contributed by atoms with Crippen LogP contribution in [-0.2, 0) is 15.7 Å². The molecule has 5 heteroatoms. The highest BCUT2D eigenvalue weighted by Crippen LogP contribution is 2.14. The first-order valence-electron chi connectivity index (χ1n) is 6.71. The second-order valence-corrected chi connectivity index (χ2v) is 7.93. The highest BCUT2D eigenvalue weighted by molar-refractivity contribution is 7.98. The average molecular weight is 293 g/mol. The molecule has 0 aromatic rings. The normalized spacial score (nSPS) is 17.1. The zero-order valence-electron chi connectivity index (χ0n) is 11.7. The lowest BCUT2D eigenvalue weighted by Gasteiger charge is -2.10. The van der Waals surface area contributed by atoms with Crippen LogP contribution in [0.5, 0.6) is 0 Å². The van der Waals surface area contributed by atoms with Crippen molar-refractivity contribution >= 4 is 28.6 Å². The number of hydrogen-bond acceptors (Lipinski definition) is 4. The standard InChI is InChI=1S/C8H17S.C5H11NO2S/c1-2-3-6-9-7-4-5-8-9;1-9-3-2-4(6)5(7)8/h2-8H2,1H3;4H,2-3,6H2,1H3,(H,7,8)/q+1;/p-1/t;4-/m.0/s1. The summed E-state index contributed by atoms with van der Waals surface area (Å²) in [6.45, 7) is 2.29. The molecule has 1 rings (SSSR count). The Kier molecular flexibility index (Phi) is 12.3. The fraction of sp³-hybridized carbons (Fsp3) is 0.923. The number of carbonyl (C=O) groups excluding carboxylic acids is 1. The van der Waals surface area contributed by atoms with E-state index in [1.54, 1.807) is 23.3 Å². The molecule has 1 saturated heterocycles. The van der Waals surface area contributed by atoms with Crippen LogP contribution in [-0.4, -0.2) is 41.3 Å². The van der Waals surface area contributed by atoms with Crippen molar-refractivity contribution < 1.29 is 9.90 Å². The van der Waals surface area contributed by atoms with Crippen molar-refractivity contribution in [3.8, 4) is 0 Å². The van der Waals surface area contributed by atoms with Crippen molar-refractivity contribution in [2.24, 2.45) is 5.73 Å². The molecule has 1 heterocycles. The van der Waals surface area contributed by atoms with Crippen LogP contribution in [0, 0.1) is 0 Å². The number of carboxylic acids is 1. The maximum Gasteiger partial charge on any atom is 0.108 e. The molecular formula is C13H27NO2S2. The molecular weight excluding hydrogens is 266 g/mol. The highest BCUT2D eigenvalue weighted by atomic mass is 32.2. The van der Waals surface area contributed by atoms with Crippen molar-refractivity contribution in [1.29, 1.82) is 0 Å². The van der Waals surface area contributed by atoms with E-state index in [4.69, 9.17) is 5.73 Å². The lowest BCUT2D eigenvalue weighted by molar-refractivity contribution is -0.307. The summed E-state index contributed by atoms with van der Waals surface area (Å²) in [6, 6.07) is -0.794. The van der Waals surface area contributed by atoms with Crippen molar-refractivity contribution in [1.82, 2.24) is 0 Å². The lowest BCUT2D eigenvalue weighted by atomic mass is 10.2. The van der Waals surface area contributed by atoms with Crippen molar-refractivity contribution in [3.05, 3.63) is 0 Å².